The molecule has 5 heteroatoms. The van der Waals surface area contributed by atoms with Gasteiger partial charge in [0.1, 0.15) is 0 Å². The summed E-state index contributed by atoms with van der Waals surface area (Å²) < 4.78 is 0. The Morgan fingerprint density at radius 1 is 1.44 bits per heavy atom. The van der Waals surface area contributed by atoms with E-state index in [0.717, 1.165) is 25.8 Å². The number of aliphatic hydroxyl groups excluding tert-OH is 2. The molecule has 94 valence electrons. The highest BCUT2D eigenvalue weighted by atomic mass is 16.3. The van der Waals surface area contributed by atoms with Crippen molar-refractivity contribution in [3.8, 4) is 0 Å². The van der Waals surface area contributed by atoms with Crippen LogP contribution in [0.5, 0.6) is 0 Å². The lowest BCUT2D eigenvalue weighted by molar-refractivity contribution is -0.127. The van der Waals surface area contributed by atoms with Crippen LogP contribution in [-0.2, 0) is 4.79 Å². The van der Waals surface area contributed by atoms with Gasteiger partial charge in [-0.25, -0.2) is 0 Å². The van der Waals surface area contributed by atoms with Gasteiger partial charge in [-0.2, -0.15) is 0 Å². The van der Waals surface area contributed by atoms with Crippen molar-refractivity contribution in [2.24, 2.45) is 0 Å². The first kappa shape index (κ1) is 13.4. The Bertz CT molecular complexity index is 215. The molecule has 0 spiro atoms. The maximum Gasteiger partial charge on any atom is 0.237 e. The van der Waals surface area contributed by atoms with E-state index in [9.17, 15) is 15.0 Å². The van der Waals surface area contributed by atoms with Crippen molar-refractivity contribution in [3.63, 3.8) is 0 Å². The first-order valence-corrected chi connectivity index (χ1v) is 5.94. The molecule has 0 bridgehead atoms. The smallest absolute Gasteiger partial charge is 0.237 e. The fourth-order valence-electron chi connectivity index (χ4n) is 1.87. The maximum atomic E-state index is 11.9. The summed E-state index contributed by atoms with van der Waals surface area (Å²) in [6.45, 7) is 2.22. The highest BCUT2D eigenvalue weighted by Crippen LogP contribution is 2.12. The third-order valence-electron chi connectivity index (χ3n) is 3.30. The Morgan fingerprint density at radius 2 is 2.12 bits per heavy atom. The van der Waals surface area contributed by atoms with Crippen LogP contribution in [0.4, 0.5) is 0 Å². The van der Waals surface area contributed by atoms with E-state index in [1.165, 1.54) is 0 Å². The van der Waals surface area contributed by atoms with Gasteiger partial charge in [-0.15, -0.1) is 0 Å². The van der Waals surface area contributed by atoms with Gasteiger partial charge in [-0.05, 0) is 25.8 Å². The number of carbonyl (C=O) groups excluding carboxylic acids is 1. The Kier molecular flexibility index (Phi) is 5.18. The first-order valence-electron chi connectivity index (χ1n) is 5.94. The van der Waals surface area contributed by atoms with Crippen molar-refractivity contribution in [1.29, 1.82) is 0 Å². The molecule has 1 aliphatic rings. The lowest BCUT2D eigenvalue weighted by Gasteiger charge is -2.32. The third-order valence-corrected chi connectivity index (χ3v) is 3.30. The van der Waals surface area contributed by atoms with Gasteiger partial charge in [-0.3, -0.25) is 4.79 Å². The molecule has 4 N–H and O–H groups in total. The minimum atomic E-state index is -0.879. The summed E-state index contributed by atoms with van der Waals surface area (Å²) in [6.07, 6.45) is 3.48. The maximum absolute atomic E-state index is 11.9. The number of hydrogen-bond donors (Lipinski definition) is 4. The zero-order chi connectivity index (χ0) is 12.0. The van der Waals surface area contributed by atoms with Crippen LogP contribution in [0.15, 0.2) is 0 Å². The van der Waals surface area contributed by atoms with Crippen LogP contribution in [0, 0.1) is 0 Å². The molecule has 1 heterocycles. The van der Waals surface area contributed by atoms with Gasteiger partial charge in [0, 0.05) is 0 Å². The second-order valence-electron chi connectivity index (χ2n) is 4.44. The first-order chi connectivity index (χ1) is 7.67. The van der Waals surface area contributed by atoms with Crippen molar-refractivity contribution in [1.82, 2.24) is 10.6 Å². The molecule has 0 aliphatic carbocycles. The molecule has 0 aromatic heterocycles. The lowest BCUT2D eigenvalue weighted by Crippen LogP contribution is -2.59. The normalized spacial score (nSPS) is 21.8. The summed E-state index contributed by atoms with van der Waals surface area (Å²) in [7, 11) is 0. The van der Waals surface area contributed by atoms with Crippen molar-refractivity contribution >= 4 is 5.91 Å². The molecule has 5 nitrogen and oxygen atoms in total. The fraction of sp³-hybridized carbons (Fsp3) is 0.909. The van der Waals surface area contributed by atoms with Crippen LogP contribution in [0.3, 0.4) is 0 Å². The second-order valence-corrected chi connectivity index (χ2v) is 4.44. The van der Waals surface area contributed by atoms with Crippen LogP contribution < -0.4 is 10.6 Å². The SMILES string of the molecule is CCC(CO)(CO)NC(=O)[C@H]1CCCCN1. The summed E-state index contributed by atoms with van der Waals surface area (Å²) in [5.74, 6) is -0.121. The molecule has 0 saturated carbocycles. The average Bonchev–Trinajstić information content (AvgIpc) is 2.37. The van der Waals surface area contributed by atoms with E-state index in [2.05, 4.69) is 10.6 Å². The molecule has 1 atom stereocenters. The van der Waals surface area contributed by atoms with E-state index in [-0.39, 0.29) is 25.2 Å². The molecule has 16 heavy (non-hydrogen) atoms. The Balaban J connectivity index is 2.53. The summed E-state index contributed by atoms with van der Waals surface area (Å²) in [6, 6.07) is -0.183. The van der Waals surface area contributed by atoms with E-state index in [1.807, 2.05) is 6.92 Å². The molecule has 0 radical (unpaired) electrons. The van der Waals surface area contributed by atoms with Gasteiger partial charge in [-0.1, -0.05) is 13.3 Å². The van der Waals surface area contributed by atoms with E-state index in [0.29, 0.717) is 6.42 Å². The topological polar surface area (TPSA) is 81.6 Å². The number of aliphatic hydroxyl groups is 2. The molecule has 1 amide bonds. The molecular weight excluding hydrogens is 208 g/mol. The summed E-state index contributed by atoms with van der Waals surface area (Å²) in [4.78, 5) is 11.9. The summed E-state index contributed by atoms with van der Waals surface area (Å²) >= 11 is 0. The van der Waals surface area contributed by atoms with Gasteiger partial charge in [0.25, 0.3) is 0 Å². The largest absolute Gasteiger partial charge is 0.394 e. The molecule has 0 aromatic rings. The second kappa shape index (κ2) is 6.18. The molecule has 1 rings (SSSR count). The monoisotopic (exact) mass is 230 g/mol. The van der Waals surface area contributed by atoms with Crippen LogP contribution >= 0.6 is 0 Å². The van der Waals surface area contributed by atoms with Gasteiger partial charge >= 0.3 is 0 Å². The average molecular weight is 230 g/mol. The fourth-order valence-corrected chi connectivity index (χ4v) is 1.87. The summed E-state index contributed by atoms with van der Waals surface area (Å²) in [5.41, 5.74) is -0.879. The highest BCUT2D eigenvalue weighted by Gasteiger charge is 2.31. The summed E-state index contributed by atoms with van der Waals surface area (Å²) in [5, 5.41) is 24.3. The van der Waals surface area contributed by atoms with Crippen molar-refractivity contribution in [2.75, 3.05) is 19.8 Å². The lowest BCUT2D eigenvalue weighted by atomic mass is 9.96. The molecule has 1 fully saturated rings. The number of piperidine rings is 1. The minimum Gasteiger partial charge on any atom is -0.394 e. The van der Waals surface area contributed by atoms with Crippen LogP contribution in [0.2, 0.25) is 0 Å². The zero-order valence-corrected chi connectivity index (χ0v) is 9.83. The molecule has 0 aromatic carbocycles. The Hall–Kier alpha value is -0.650. The number of nitrogens with one attached hydrogen (secondary N) is 2. The van der Waals surface area contributed by atoms with Crippen LogP contribution in [0.1, 0.15) is 32.6 Å². The van der Waals surface area contributed by atoms with Crippen LogP contribution in [0.25, 0.3) is 0 Å². The van der Waals surface area contributed by atoms with Crippen molar-refractivity contribution in [3.05, 3.63) is 0 Å². The van der Waals surface area contributed by atoms with Crippen molar-refractivity contribution < 1.29 is 15.0 Å². The van der Waals surface area contributed by atoms with E-state index in [4.69, 9.17) is 0 Å². The van der Waals surface area contributed by atoms with Gasteiger partial charge < -0.3 is 20.8 Å². The predicted molar refractivity (Wildman–Crippen MR) is 61.0 cm³/mol. The Morgan fingerprint density at radius 3 is 2.56 bits per heavy atom. The molecule has 1 aliphatic heterocycles. The van der Waals surface area contributed by atoms with E-state index in [1.54, 1.807) is 0 Å². The molecular formula is C11H22N2O3. The van der Waals surface area contributed by atoms with E-state index >= 15 is 0 Å². The predicted octanol–water partition coefficient (Wildman–Crippen LogP) is -0.622. The number of hydrogen-bond acceptors (Lipinski definition) is 4. The molecule has 0 unspecified atom stereocenters. The molecule has 1 saturated heterocycles. The van der Waals surface area contributed by atoms with E-state index < -0.39 is 5.54 Å². The zero-order valence-electron chi connectivity index (χ0n) is 9.83. The highest BCUT2D eigenvalue weighted by molar-refractivity contribution is 5.82. The van der Waals surface area contributed by atoms with Gasteiger partial charge in [0.2, 0.25) is 5.91 Å². The third kappa shape index (κ3) is 3.17. The minimum absolute atomic E-state index is 0.121. The van der Waals surface area contributed by atoms with Crippen molar-refractivity contribution in [2.45, 2.75) is 44.2 Å². The Labute approximate surface area is 96.2 Å². The van der Waals surface area contributed by atoms with Crippen LogP contribution in [-0.4, -0.2) is 47.5 Å². The number of amides is 1. The van der Waals surface area contributed by atoms with Gasteiger partial charge in [0.05, 0.1) is 24.8 Å². The van der Waals surface area contributed by atoms with Gasteiger partial charge in [0.15, 0.2) is 0 Å². The number of carbonyl (C=O) groups is 1. The standard InChI is InChI=1S/C11H22N2O3/c1-2-11(7-14,8-15)13-10(16)9-5-3-4-6-12-9/h9,12,14-15H,2-8H2,1H3,(H,13,16)/t9-/m1/s1. The number of rotatable bonds is 5. The quantitative estimate of drug-likeness (QED) is 0.507.